The number of likely N-dealkylation sites (tertiary alicyclic amines) is 1. The summed E-state index contributed by atoms with van der Waals surface area (Å²) in [6.45, 7) is 4.34. The zero-order valence-electron chi connectivity index (χ0n) is 7.16. The van der Waals surface area contributed by atoms with Gasteiger partial charge in [-0.3, -0.25) is 4.90 Å². The van der Waals surface area contributed by atoms with Gasteiger partial charge in [0.15, 0.2) is 0 Å². The van der Waals surface area contributed by atoms with Crippen LogP contribution in [0.5, 0.6) is 0 Å². The van der Waals surface area contributed by atoms with Crippen molar-refractivity contribution in [3.05, 3.63) is 0 Å². The smallest absolute Gasteiger partial charge is 0.0645 e. The van der Waals surface area contributed by atoms with Gasteiger partial charge in [0.05, 0.1) is 19.3 Å². The summed E-state index contributed by atoms with van der Waals surface area (Å²) in [5, 5.41) is 3.25. The van der Waals surface area contributed by atoms with Gasteiger partial charge >= 0.3 is 0 Å². The number of ether oxygens (including phenoxy) is 1. The van der Waals surface area contributed by atoms with E-state index in [2.05, 4.69) is 10.2 Å². The zero-order valence-corrected chi connectivity index (χ0v) is 8.79. The lowest BCUT2D eigenvalue weighted by atomic mass is 10.0. The van der Waals surface area contributed by atoms with Gasteiger partial charge in [0.1, 0.15) is 0 Å². The van der Waals surface area contributed by atoms with Crippen molar-refractivity contribution in [3.63, 3.8) is 0 Å². The van der Waals surface area contributed by atoms with Crippen molar-refractivity contribution in [1.29, 1.82) is 0 Å². The van der Waals surface area contributed by atoms with Crippen LogP contribution in [0.15, 0.2) is 0 Å². The van der Waals surface area contributed by atoms with Crippen molar-refractivity contribution >= 4 is 24.8 Å². The summed E-state index contributed by atoms with van der Waals surface area (Å²) in [5.74, 6) is 0. The van der Waals surface area contributed by atoms with E-state index in [1.807, 2.05) is 7.05 Å². The quantitative estimate of drug-likeness (QED) is 0.708. The van der Waals surface area contributed by atoms with E-state index in [9.17, 15) is 0 Å². The fourth-order valence-electron chi connectivity index (χ4n) is 1.43. The van der Waals surface area contributed by atoms with Crippen molar-refractivity contribution in [2.75, 3.05) is 33.4 Å². The molecule has 2 aliphatic rings. The Balaban J connectivity index is 0.000000605. The standard InChI is InChI=1S/C7H14N2O.2ClH/c1-8-6-2-9(3-6)7-4-10-5-7;;/h6-8H,2-5H2,1H3;2*1H. The number of hydrogen-bond acceptors (Lipinski definition) is 3. The third-order valence-electron chi connectivity index (χ3n) is 2.45. The van der Waals surface area contributed by atoms with Crippen molar-refractivity contribution in [1.82, 2.24) is 10.2 Å². The molecule has 0 bridgehead atoms. The molecular weight excluding hydrogens is 199 g/mol. The molecule has 0 saturated carbocycles. The summed E-state index contributed by atoms with van der Waals surface area (Å²) >= 11 is 0. The van der Waals surface area contributed by atoms with Crippen molar-refractivity contribution in [3.8, 4) is 0 Å². The average Bonchev–Trinajstić information content (AvgIpc) is 1.72. The van der Waals surface area contributed by atoms with Crippen LogP contribution in [-0.4, -0.2) is 50.3 Å². The molecule has 0 amide bonds. The summed E-state index contributed by atoms with van der Waals surface area (Å²) in [5.41, 5.74) is 0. The molecule has 2 rings (SSSR count). The number of likely N-dealkylation sites (N-methyl/N-ethyl adjacent to an activating group) is 1. The van der Waals surface area contributed by atoms with Gasteiger partial charge in [0.2, 0.25) is 0 Å². The predicted octanol–water partition coefficient (Wildman–Crippen LogP) is 0.132. The number of hydrogen-bond donors (Lipinski definition) is 1. The second-order valence-corrected chi connectivity index (χ2v) is 3.13. The van der Waals surface area contributed by atoms with Crippen LogP contribution in [0.2, 0.25) is 0 Å². The van der Waals surface area contributed by atoms with E-state index in [1.165, 1.54) is 13.1 Å². The van der Waals surface area contributed by atoms with Crippen LogP contribution in [0.4, 0.5) is 0 Å². The maximum atomic E-state index is 5.10. The van der Waals surface area contributed by atoms with Gasteiger partial charge in [-0.15, -0.1) is 24.8 Å². The minimum absolute atomic E-state index is 0. The Bertz CT molecular complexity index is 127. The maximum Gasteiger partial charge on any atom is 0.0645 e. The summed E-state index contributed by atoms with van der Waals surface area (Å²) in [6, 6.07) is 1.48. The van der Waals surface area contributed by atoms with Gasteiger partial charge in [-0.05, 0) is 7.05 Å². The molecule has 2 heterocycles. The number of rotatable bonds is 2. The van der Waals surface area contributed by atoms with E-state index in [4.69, 9.17) is 4.74 Å². The number of nitrogens with zero attached hydrogens (tertiary/aromatic N) is 1. The Morgan fingerprint density at radius 2 is 1.83 bits per heavy atom. The Labute approximate surface area is 85.6 Å². The van der Waals surface area contributed by atoms with Crippen LogP contribution < -0.4 is 5.32 Å². The van der Waals surface area contributed by atoms with E-state index in [-0.39, 0.29) is 24.8 Å². The minimum atomic E-state index is 0. The first-order valence-corrected chi connectivity index (χ1v) is 3.89. The largest absolute Gasteiger partial charge is 0.378 e. The van der Waals surface area contributed by atoms with Gasteiger partial charge in [0.25, 0.3) is 0 Å². The first-order valence-electron chi connectivity index (χ1n) is 3.89. The fraction of sp³-hybridized carbons (Fsp3) is 1.00. The molecule has 0 radical (unpaired) electrons. The second kappa shape index (κ2) is 5.25. The first kappa shape index (κ1) is 12.5. The first-order chi connectivity index (χ1) is 4.90. The van der Waals surface area contributed by atoms with Crippen LogP contribution in [0.1, 0.15) is 0 Å². The van der Waals surface area contributed by atoms with Crippen molar-refractivity contribution < 1.29 is 4.74 Å². The summed E-state index contributed by atoms with van der Waals surface area (Å²) in [6.07, 6.45) is 0. The summed E-state index contributed by atoms with van der Waals surface area (Å²) in [4.78, 5) is 2.48. The lowest BCUT2D eigenvalue weighted by Gasteiger charge is -2.47. The molecule has 0 atom stereocenters. The molecule has 0 aromatic carbocycles. The Kier molecular flexibility index (Phi) is 5.45. The number of nitrogens with one attached hydrogen (secondary N) is 1. The molecule has 74 valence electrons. The van der Waals surface area contributed by atoms with Gasteiger partial charge in [-0.1, -0.05) is 0 Å². The SMILES string of the molecule is CNC1CN(C2COC2)C1.Cl.Cl. The molecular formula is C7H16Cl2N2O. The molecule has 5 heteroatoms. The average molecular weight is 215 g/mol. The number of halogens is 2. The minimum Gasteiger partial charge on any atom is -0.378 e. The van der Waals surface area contributed by atoms with Crippen LogP contribution in [0.3, 0.4) is 0 Å². The van der Waals surface area contributed by atoms with Crippen molar-refractivity contribution in [2.45, 2.75) is 12.1 Å². The van der Waals surface area contributed by atoms with E-state index in [1.54, 1.807) is 0 Å². The highest BCUT2D eigenvalue weighted by Gasteiger charge is 2.34. The summed E-state index contributed by atoms with van der Waals surface area (Å²) < 4.78 is 5.10. The molecule has 0 aromatic rings. The molecule has 12 heavy (non-hydrogen) atoms. The van der Waals surface area contributed by atoms with Gasteiger partial charge in [-0.2, -0.15) is 0 Å². The van der Waals surface area contributed by atoms with Gasteiger partial charge < -0.3 is 10.1 Å². The highest BCUT2D eigenvalue weighted by atomic mass is 35.5. The molecule has 0 spiro atoms. The highest BCUT2D eigenvalue weighted by Crippen LogP contribution is 2.17. The van der Waals surface area contributed by atoms with E-state index in [0.717, 1.165) is 25.3 Å². The van der Waals surface area contributed by atoms with Crippen LogP contribution in [0.25, 0.3) is 0 Å². The molecule has 3 nitrogen and oxygen atoms in total. The topological polar surface area (TPSA) is 24.5 Å². The van der Waals surface area contributed by atoms with Crippen LogP contribution in [0, 0.1) is 0 Å². The lowest BCUT2D eigenvalue weighted by molar-refractivity contribution is -0.0925. The van der Waals surface area contributed by atoms with Crippen LogP contribution >= 0.6 is 24.8 Å². The highest BCUT2D eigenvalue weighted by molar-refractivity contribution is 5.85. The molecule has 2 saturated heterocycles. The summed E-state index contributed by atoms with van der Waals surface area (Å²) in [7, 11) is 2.03. The third-order valence-corrected chi connectivity index (χ3v) is 2.45. The molecule has 2 fully saturated rings. The van der Waals surface area contributed by atoms with E-state index >= 15 is 0 Å². The Morgan fingerprint density at radius 1 is 1.25 bits per heavy atom. The van der Waals surface area contributed by atoms with Crippen molar-refractivity contribution in [2.24, 2.45) is 0 Å². The fourth-order valence-corrected chi connectivity index (χ4v) is 1.43. The monoisotopic (exact) mass is 214 g/mol. The van der Waals surface area contributed by atoms with Gasteiger partial charge in [0, 0.05) is 19.1 Å². The van der Waals surface area contributed by atoms with E-state index in [0.29, 0.717) is 0 Å². The van der Waals surface area contributed by atoms with Gasteiger partial charge in [-0.25, -0.2) is 0 Å². The lowest BCUT2D eigenvalue weighted by Crippen LogP contribution is -2.64. The molecule has 0 aromatic heterocycles. The Morgan fingerprint density at radius 3 is 2.17 bits per heavy atom. The van der Waals surface area contributed by atoms with Crippen LogP contribution in [-0.2, 0) is 4.74 Å². The predicted molar refractivity (Wildman–Crippen MR) is 53.5 cm³/mol. The molecule has 0 unspecified atom stereocenters. The third kappa shape index (κ3) is 2.24. The molecule has 0 aliphatic carbocycles. The van der Waals surface area contributed by atoms with E-state index < -0.39 is 0 Å². The second-order valence-electron chi connectivity index (χ2n) is 3.13. The zero-order chi connectivity index (χ0) is 6.97. The molecule has 2 aliphatic heterocycles. The normalized spacial score (nSPS) is 24.8. The maximum absolute atomic E-state index is 5.10. The molecule has 1 N–H and O–H groups in total. The Hall–Kier alpha value is 0.460.